The summed E-state index contributed by atoms with van der Waals surface area (Å²) in [6.07, 6.45) is -0.196. The molecule has 2 aromatic carbocycles. The zero-order chi connectivity index (χ0) is 22.0. The summed E-state index contributed by atoms with van der Waals surface area (Å²) >= 11 is 1.41. The maximum absolute atomic E-state index is 13.3. The fourth-order valence-corrected chi connectivity index (χ4v) is 4.05. The summed E-state index contributed by atoms with van der Waals surface area (Å²) in [7, 11) is 0. The first kappa shape index (κ1) is 20.7. The molecule has 4 rings (SSSR count). The highest BCUT2D eigenvalue weighted by Crippen LogP contribution is 2.28. The Morgan fingerprint density at radius 3 is 2.29 bits per heavy atom. The number of carbonyl (C=O) groups excluding carboxylic acids is 3. The Balaban J connectivity index is 1.60. The molecule has 6 nitrogen and oxygen atoms in total. The highest BCUT2D eigenvalue weighted by molar-refractivity contribution is 7.09. The van der Waals surface area contributed by atoms with Crippen molar-refractivity contribution in [2.75, 3.05) is 10.2 Å². The molecule has 1 N–H and O–H groups in total. The quantitative estimate of drug-likeness (QED) is 0.597. The van der Waals surface area contributed by atoms with Gasteiger partial charge in [-0.3, -0.25) is 9.59 Å². The van der Waals surface area contributed by atoms with Crippen LogP contribution in [0.15, 0.2) is 66.0 Å². The Labute approximate surface area is 180 Å². The van der Waals surface area contributed by atoms with Gasteiger partial charge >= 0.3 is 6.03 Å². The molecule has 0 saturated carbocycles. The molecule has 158 valence electrons. The maximum atomic E-state index is 13.3. The Kier molecular flexibility index (Phi) is 5.77. The highest BCUT2D eigenvalue weighted by atomic mass is 32.1. The third kappa shape index (κ3) is 4.46. The number of urea groups is 1. The van der Waals surface area contributed by atoms with E-state index >= 15 is 0 Å². The molecule has 9 heteroatoms. The molecule has 2 heterocycles. The maximum Gasteiger partial charge on any atom is 0.322 e. The van der Waals surface area contributed by atoms with Crippen LogP contribution in [0.4, 0.5) is 25.0 Å². The first-order valence-electron chi connectivity index (χ1n) is 9.40. The molecule has 1 saturated heterocycles. The van der Waals surface area contributed by atoms with Gasteiger partial charge in [0.05, 0.1) is 18.7 Å². The zero-order valence-electron chi connectivity index (χ0n) is 16.1. The van der Waals surface area contributed by atoms with Crippen molar-refractivity contribution in [2.24, 2.45) is 0 Å². The standard InChI is InChI=1S/C22H17F2N3O3S/c23-14-3-7-16(8-4-14)25-22(30)26(13-18-2-1-11-31-18)19-12-20(28)27(21(19)29)17-9-5-15(24)6-10-17/h1-11,19H,12-13H2,(H,25,30)/t19-/m1/s1. The Morgan fingerprint density at radius 1 is 1.03 bits per heavy atom. The van der Waals surface area contributed by atoms with E-state index in [0.29, 0.717) is 5.69 Å². The normalized spacial score (nSPS) is 15.9. The summed E-state index contributed by atoms with van der Waals surface area (Å²) in [6.45, 7) is 0.117. The number of hydrogen-bond donors (Lipinski definition) is 1. The van der Waals surface area contributed by atoms with Gasteiger partial charge in [0, 0.05) is 10.6 Å². The van der Waals surface area contributed by atoms with Crippen LogP contribution in [0, 0.1) is 11.6 Å². The monoisotopic (exact) mass is 441 g/mol. The van der Waals surface area contributed by atoms with Gasteiger partial charge in [0.25, 0.3) is 5.91 Å². The lowest BCUT2D eigenvalue weighted by molar-refractivity contribution is -0.122. The minimum Gasteiger partial charge on any atom is -0.308 e. The number of hydrogen-bond acceptors (Lipinski definition) is 4. The van der Waals surface area contributed by atoms with Crippen LogP contribution in [0.25, 0.3) is 0 Å². The predicted octanol–water partition coefficient (Wildman–Crippen LogP) is 4.39. The SMILES string of the molecule is O=C1C[C@@H](N(Cc2cccs2)C(=O)Nc2ccc(F)cc2)C(=O)N1c1ccc(F)cc1. The van der Waals surface area contributed by atoms with Crippen LogP contribution in [0.1, 0.15) is 11.3 Å². The van der Waals surface area contributed by atoms with Crippen LogP contribution in [-0.4, -0.2) is 28.8 Å². The smallest absolute Gasteiger partial charge is 0.308 e. The van der Waals surface area contributed by atoms with Crippen molar-refractivity contribution < 1.29 is 23.2 Å². The molecule has 0 radical (unpaired) electrons. The van der Waals surface area contributed by atoms with Gasteiger partial charge in [0.1, 0.15) is 17.7 Å². The van der Waals surface area contributed by atoms with Gasteiger partial charge in [-0.05, 0) is 60.0 Å². The number of amides is 4. The molecule has 4 amide bonds. The second-order valence-electron chi connectivity index (χ2n) is 6.91. The summed E-state index contributed by atoms with van der Waals surface area (Å²) in [5, 5.41) is 4.49. The number of rotatable bonds is 5. The van der Waals surface area contributed by atoms with E-state index in [1.54, 1.807) is 0 Å². The lowest BCUT2D eigenvalue weighted by atomic mass is 10.2. The topological polar surface area (TPSA) is 69.7 Å². The molecule has 1 aromatic heterocycles. The van der Waals surface area contributed by atoms with Crippen LogP contribution in [0.2, 0.25) is 0 Å². The van der Waals surface area contributed by atoms with Crippen LogP contribution in [0.3, 0.4) is 0 Å². The summed E-state index contributed by atoms with van der Waals surface area (Å²) in [5.74, 6) is -1.98. The van der Waals surface area contributed by atoms with E-state index in [9.17, 15) is 23.2 Å². The number of nitrogens with zero attached hydrogens (tertiary/aromatic N) is 2. The third-order valence-electron chi connectivity index (χ3n) is 4.85. The molecule has 1 aliphatic heterocycles. The molecule has 1 aliphatic rings. The number of anilines is 2. The number of carbonyl (C=O) groups is 3. The van der Waals surface area contributed by atoms with E-state index < -0.39 is 35.5 Å². The number of benzene rings is 2. The fraction of sp³-hybridized carbons (Fsp3) is 0.136. The molecule has 1 atom stereocenters. The summed E-state index contributed by atoms with van der Waals surface area (Å²) in [5.41, 5.74) is 0.601. The summed E-state index contributed by atoms with van der Waals surface area (Å²) in [6, 6.07) is 12.3. The molecule has 0 aliphatic carbocycles. The van der Waals surface area contributed by atoms with Crippen molar-refractivity contribution in [3.8, 4) is 0 Å². The predicted molar refractivity (Wildman–Crippen MR) is 113 cm³/mol. The second kappa shape index (κ2) is 8.65. The minimum absolute atomic E-state index is 0.117. The van der Waals surface area contributed by atoms with Gasteiger partial charge < -0.3 is 10.2 Å². The zero-order valence-corrected chi connectivity index (χ0v) is 16.9. The van der Waals surface area contributed by atoms with Gasteiger partial charge in [-0.25, -0.2) is 18.5 Å². The largest absolute Gasteiger partial charge is 0.322 e. The van der Waals surface area contributed by atoms with Crippen molar-refractivity contribution in [3.63, 3.8) is 0 Å². The molecule has 1 fully saturated rings. The van der Waals surface area contributed by atoms with Crippen molar-refractivity contribution in [2.45, 2.75) is 19.0 Å². The Hall–Kier alpha value is -3.59. The lowest BCUT2D eigenvalue weighted by Crippen LogP contribution is -2.46. The third-order valence-corrected chi connectivity index (χ3v) is 5.71. The summed E-state index contributed by atoms with van der Waals surface area (Å²) in [4.78, 5) is 41.9. The average molecular weight is 441 g/mol. The van der Waals surface area contributed by atoms with Gasteiger partial charge in [0.2, 0.25) is 5.91 Å². The van der Waals surface area contributed by atoms with Crippen molar-refractivity contribution in [1.82, 2.24) is 4.90 Å². The molecule has 0 bridgehead atoms. The van der Waals surface area contributed by atoms with Gasteiger partial charge in [0.15, 0.2) is 0 Å². The number of thiophene rings is 1. The van der Waals surface area contributed by atoms with Crippen LogP contribution >= 0.6 is 11.3 Å². The van der Waals surface area contributed by atoms with Crippen molar-refractivity contribution >= 4 is 40.6 Å². The lowest BCUT2D eigenvalue weighted by Gasteiger charge is -2.27. The van der Waals surface area contributed by atoms with E-state index in [4.69, 9.17) is 0 Å². The molecular formula is C22H17F2N3O3S. The van der Waals surface area contributed by atoms with E-state index in [1.165, 1.54) is 52.6 Å². The van der Waals surface area contributed by atoms with Crippen molar-refractivity contribution in [1.29, 1.82) is 0 Å². The molecule has 0 spiro atoms. The first-order valence-corrected chi connectivity index (χ1v) is 10.3. The first-order chi connectivity index (χ1) is 14.9. The molecule has 0 unspecified atom stereocenters. The second-order valence-corrected chi connectivity index (χ2v) is 7.94. The minimum atomic E-state index is -1.03. The Bertz CT molecular complexity index is 1100. The van der Waals surface area contributed by atoms with E-state index in [1.807, 2.05) is 17.5 Å². The molecule has 3 aromatic rings. The van der Waals surface area contributed by atoms with E-state index in [2.05, 4.69) is 5.32 Å². The van der Waals surface area contributed by atoms with Gasteiger partial charge in [-0.2, -0.15) is 0 Å². The van der Waals surface area contributed by atoms with Crippen LogP contribution < -0.4 is 10.2 Å². The van der Waals surface area contributed by atoms with Crippen LogP contribution in [0.5, 0.6) is 0 Å². The Morgan fingerprint density at radius 2 is 1.68 bits per heavy atom. The summed E-state index contributed by atoms with van der Waals surface area (Å²) < 4.78 is 26.4. The van der Waals surface area contributed by atoms with Crippen molar-refractivity contribution in [3.05, 3.63) is 82.6 Å². The number of nitrogens with one attached hydrogen (secondary N) is 1. The molecular weight excluding hydrogens is 424 g/mol. The van der Waals surface area contributed by atoms with Crippen LogP contribution in [-0.2, 0) is 16.1 Å². The molecule has 31 heavy (non-hydrogen) atoms. The average Bonchev–Trinajstić information content (AvgIpc) is 3.36. The number of halogens is 2. The number of imide groups is 1. The highest BCUT2D eigenvalue weighted by Gasteiger charge is 2.44. The van der Waals surface area contributed by atoms with Gasteiger partial charge in [-0.1, -0.05) is 6.07 Å². The van der Waals surface area contributed by atoms with E-state index in [0.717, 1.165) is 21.9 Å². The van der Waals surface area contributed by atoms with Gasteiger partial charge in [-0.15, -0.1) is 11.3 Å². The fourth-order valence-electron chi connectivity index (χ4n) is 3.34. The van der Waals surface area contributed by atoms with E-state index in [-0.39, 0.29) is 18.7 Å².